The molecule has 0 radical (unpaired) electrons. The molecule has 0 unspecified atom stereocenters. The fourth-order valence-corrected chi connectivity index (χ4v) is 2.98. The molecule has 3 N–H and O–H groups in total. The molecule has 29 heavy (non-hydrogen) atoms. The van der Waals surface area contributed by atoms with E-state index in [1.807, 2.05) is 25.1 Å². The monoisotopic (exact) mass is 405 g/mol. The van der Waals surface area contributed by atoms with Gasteiger partial charge in [0.1, 0.15) is 18.5 Å². The summed E-state index contributed by atoms with van der Waals surface area (Å²) in [4.78, 5) is 11.0. The molecule has 0 bridgehead atoms. The number of hydrogen-bond acceptors (Lipinski definition) is 6. The average Bonchev–Trinajstić information content (AvgIpc) is 2.69. The minimum atomic E-state index is -0.534. The summed E-state index contributed by atoms with van der Waals surface area (Å²) >= 11 is 0. The zero-order valence-corrected chi connectivity index (χ0v) is 18.1. The summed E-state index contributed by atoms with van der Waals surface area (Å²) in [7, 11) is 3.37. The second-order valence-corrected chi connectivity index (χ2v) is 6.98. The maximum Gasteiger partial charge on any atom is 0.201 e. The minimum absolute atomic E-state index is 0.216. The lowest BCUT2D eigenvalue weighted by Gasteiger charge is -2.32. The predicted octanol–water partition coefficient (Wildman–Crippen LogP) is 2.35. The van der Waals surface area contributed by atoms with E-state index < -0.39 is 6.10 Å². The number of amidine groups is 1. The molecule has 1 atom stereocenters. The van der Waals surface area contributed by atoms with Gasteiger partial charge in [0.25, 0.3) is 0 Å². The molecule has 162 valence electrons. The van der Waals surface area contributed by atoms with Gasteiger partial charge in [-0.15, -0.1) is 0 Å². The average molecular weight is 406 g/mol. The van der Waals surface area contributed by atoms with Gasteiger partial charge in [0.15, 0.2) is 11.5 Å². The summed E-state index contributed by atoms with van der Waals surface area (Å²) in [5, 5.41) is 16.7. The maximum absolute atomic E-state index is 10.2. The van der Waals surface area contributed by atoms with E-state index in [1.165, 1.54) is 6.42 Å². The van der Waals surface area contributed by atoms with Gasteiger partial charge in [-0.05, 0) is 45.0 Å². The largest absolute Gasteiger partial charge is 0.493 e. The molecule has 1 heterocycles. The number of nitrogens with zero attached hydrogens (tertiary/aromatic N) is 3. The van der Waals surface area contributed by atoms with Crippen molar-refractivity contribution in [3.63, 3.8) is 0 Å². The van der Waals surface area contributed by atoms with Crippen molar-refractivity contribution in [2.75, 3.05) is 52.3 Å². The fourth-order valence-electron chi connectivity index (χ4n) is 2.98. The Morgan fingerprint density at radius 2 is 2.07 bits per heavy atom. The zero-order chi connectivity index (χ0) is 21.1. The van der Waals surface area contributed by atoms with Crippen LogP contribution in [0.3, 0.4) is 0 Å². The molecule has 1 fully saturated rings. The van der Waals surface area contributed by atoms with Gasteiger partial charge >= 0.3 is 0 Å². The number of anilines is 1. The number of nitrogens with one attached hydrogen (secondary N) is 2. The van der Waals surface area contributed by atoms with Crippen molar-refractivity contribution in [1.82, 2.24) is 10.2 Å². The van der Waals surface area contributed by atoms with Crippen molar-refractivity contribution >= 4 is 17.5 Å². The Labute approximate surface area is 174 Å². The van der Waals surface area contributed by atoms with Gasteiger partial charge in [0.05, 0.1) is 7.11 Å². The molecule has 8 heteroatoms. The van der Waals surface area contributed by atoms with E-state index in [2.05, 4.69) is 32.4 Å². The molecule has 0 spiro atoms. The molecule has 0 aliphatic carbocycles. The lowest BCUT2D eigenvalue weighted by atomic mass is 10.2. The van der Waals surface area contributed by atoms with Crippen molar-refractivity contribution in [1.29, 1.82) is 0 Å². The quantitative estimate of drug-likeness (QED) is 0.409. The van der Waals surface area contributed by atoms with Crippen LogP contribution >= 0.6 is 0 Å². The molecule has 0 aromatic heterocycles. The number of aliphatic hydroxyl groups excluding tert-OH is 1. The van der Waals surface area contributed by atoms with E-state index in [1.54, 1.807) is 14.2 Å². The van der Waals surface area contributed by atoms with Crippen LogP contribution in [0.5, 0.6) is 11.5 Å². The van der Waals surface area contributed by atoms with Gasteiger partial charge in [-0.25, -0.2) is 0 Å². The second kappa shape index (κ2) is 12.3. The summed E-state index contributed by atoms with van der Waals surface area (Å²) in [5.74, 6) is 2.71. The first-order valence-corrected chi connectivity index (χ1v) is 10.3. The summed E-state index contributed by atoms with van der Waals surface area (Å²) in [5.41, 5.74) is 0.810. The van der Waals surface area contributed by atoms with Crippen LogP contribution in [-0.2, 0) is 0 Å². The number of methoxy groups -OCH3 is 1. The first-order valence-electron chi connectivity index (χ1n) is 10.3. The summed E-state index contributed by atoms with van der Waals surface area (Å²) < 4.78 is 11.3. The van der Waals surface area contributed by atoms with E-state index in [9.17, 15) is 5.11 Å². The molecule has 1 aliphatic heterocycles. The third-order valence-corrected chi connectivity index (χ3v) is 4.61. The number of hydrogen-bond donors (Lipinski definition) is 3. The SMILES string of the molecule is CCCC(=NC)NC(=NCC)Nc1ccc(OC)c(OC[C@H](O)CN2CCC2)c1. The Kier molecular flexibility index (Phi) is 9.73. The van der Waals surface area contributed by atoms with Gasteiger partial charge in [-0.1, -0.05) is 6.92 Å². The number of ether oxygens (including phenoxy) is 2. The molecule has 8 nitrogen and oxygen atoms in total. The predicted molar refractivity (Wildman–Crippen MR) is 119 cm³/mol. The van der Waals surface area contributed by atoms with E-state index >= 15 is 0 Å². The summed E-state index contributed by atoms with van der Waals surface area (Å²) in [6.45, 7) is 7.68. The molecule has 1 saturated heterocycles. The van der Waals surface area contributed by atoms with E-state index in [0.717, 1.165) is 37.5 Å². The van der Waals surface area contributed by atoms with Crippen molar-refractivity contribution < 1.29 is 14.6 Å². The maximum atomic E-state index is 10.2. The normalized spacial score (nSPS) is 16.2. The topological polar surface area (TPSA) is 90.7 Å². The van der Waals surface area contributed by atoms with Crippen molar-refractivity contribution in [3.8, 4) is 11.5 Å². The number of β-amino-alcohol motifs (C(OH)–C–C–N with tert-alkyl or cyclic N) is 1. The molecule has 1 aromatic carbocycles. The number of guanidine groups is 1. The van der Waals surface area contributed by atoms with Crippen LogP contribution in [0.15, 0.2) is 28.2 Å². The van der Waals surface area contributed by atoms with E-state index in [-0.39, 0.29) is 6.61 Å². The first-order chi connectivity index (χ1) is 14.1. The highest BCUT2D eigenvalue weighted by Crippen LogP contribution is 2.30. The van der Waals surface area contributed by atoms with Crippen molar-refractivity contribution in [2.45, 2.75) is 39.2 Å². The number of aliphatic imine (C=N–C) groups is 2. The van der Waals surface area contributed by atoms with Crippen molar-refractivity contribution in [3.05, 3.63) is 18.2 Å². The third-order valence-electron chi connectivity index (χ3n) is 4.61. The number of rotatable bonds is 10. The van der Waals surface area contributed by atoms with Crippen LogP contribution in [0, 0.1) is 0 Å². The molecule has 1 aromatic rings. The number of benzene rings is 1. The lowest BCUT2D eigenvalue weighted by Crippen LogP contribution is -2.43. The van der Waals surface area contributed by atoms with Crippen LogP contribution in [0.1, 0.15) is 33.1 Å². The number of aliphatic hydroxyl groups is 1. The zero-order valence-electron chi connectivity index (χ0n) is 18.1. The van der Waals surface area contributed by atoms with Crippen LogP contribution in [0.2, 0.25) is 0 Å². The van der Waals surface area contributed by atoms with Gasteiger partial charge in [-0.3, -0.25) is 9.98 Å². The first kappa shape index (κ1) is 23.0. The highest BCUT2D eigenvalue weighted by molar-refractivity contribution is 6.05. The van der Waals surface area contributed by atoms with Crippen LogP contribution in [0.4, 0.5) is 5.69 Å². The summed E-state index contributed by atoms with van der Waals surface area (Å²) in [6, 6.07) is 5.59. The summed E-state index contributed by atoms with van der Waals surface area (Å²) in [6.07, 6.45) is 2.52. The highest BCUT2D eigenvalue weighted by atomic mass is 16.5. The van der Waals surface area contributed by atoms with Crippen molar-refractivity contribution in [2.24, 2.45) is 9.98 Å². The highest BCUT2D eigenvalue weighted by Gasteiger charge is 2.18. The molecular weight excluding hydrogens is 370 g/mol. The molecule has 0 amide bonds. The Morgan fingerprint density at radius 1 is 1.28 bits per heavy atom. The molecular formula is C21H35N5O3. The van der Waals surface area contributed by atoms with Gasteiger partial charge < -0.3 is 30.1 Å². The molecule has 1 aliphatic rings. The molecule has 2 rings (SSSR count). The second-order valence-electron chi connectivity index (χ2n) is 6.98. The third kappa shape index (κ3) is 7.55. The molecule has 0 saturated carbocycles. The van der Waals surface area contributed by atoms with E-state index in [0.29, 0.717) is 30.5 Å². The Hall–Kier alpha value is -2.32. The Morgan fingerprint density at radius 3 is 2.66 bits per heavy atom. The Bertz CT molecular complexity index is 689. The van der Waals surface area contributed by atoms with Gasteiger partial charge in [-0.2, -0.15) is 0 Å². The van der Waals surface area contributed by atoms with Gasteiger partial charge in [0.2, 0.25) is 5.96 Å². The smallest absolute Gasteiger partial charge is 0.201 e. The van der Waals surface area contributed by atoms with Crippen LogP contribution in [-0.4, -0.2) is 74.8 Å². The number of likely N-dealkylation sites (tertiary alicyclic amines) is 1. The van der Waals surface area contributed by atoms with Gasteiger partial charge in [0, 0.05) is 38.3 Å². The minimum Gasteiger partial charge on any atom is -0.493 e. The standard InChI is InChI=1S/C21H35N5O3/c1-5-8-20(22-3)25-21(23-6-2)24-16-9-10-18(28-4)19(13-16)29-15-17(27)14-26-11-7-12-26/h9-10,13,17,27H,5-8,11-12,14-15H2,1-4H3,(H2,22,23,24,25)/t17-/m1/s1. The Balaban J connectivity index is 2.03. The fraction of sp³-hybridized carbons (Fsp3) is 0.619. The van der Waals surface area contributed by atoms with Crippen LogP contribution in [0.25, 0.3) is 0 Å². The lowest BCUT2D eigenvalue weighted by molar-refractivity contribution is 0.0460. The van der Waals surface area contributed by atoms with E-state index in [4.69, 9.17) is 9.47 Å². The van der Waals surface area contributed by atoms with Crippen LogP contribution < -0.4 is 20.1 Å².